The Bertz CT molecular complexity index is 289. The summed E-state index contributed by atoms with van der Waals surface area (Å²) in [5, 5.41) is 3.43. The smallest absolute Gasteiger partial charge is 0.249 e. The predicted octanol–water partition coefficient (Wildman–Crippen LogP) is 1.77. The standard InChI is InChI=1S/C7H8F2N2O/c8-7(9)1-4(2-7)6-5(10)3-11-12-6/h3-4H,1-2,10H2. The Morgan fingerprint density at radius 3 is 2.67 bits per heavy atom. The van der Waals surface area contributed by atoms with Gasteiger partial charge in [0.2, 0.25) is 5.92 Å². The van der Waals surface area contributed by atoms with Crippen LogP contribution in [0.2, 0.25) is 0 Å². The summed E-state index contributed by atoms with van der Waals surface area (Å²) >= 11 is 0. The first-order chi connectivity index (χ1) is 5.58. The van der Waals surface area contributed by atoms with Gasteiger partial charge >= 0.3 is 0 Å². The van der Waals surface area contributed by atoms with Gasteiger partial charge in [0.15, 0.2) is 5.76 Å². The van der Waals surface area contributed by atoms with Crippen molar-refractivity contribution in [2.45, 2.75) is 24.7 Å². The number of hydrogen-bond donors (Lipinski definition) is 1. The molecule has 0 saturated heterocycles. The fourth-order valence-electron chi connectivity index (χ4n) is 1.41. The molecule has 1 fully saturated rings. The number of nitrogens with two attached hydrogens (primary N) is 1. The van der Waals surface area contributed by atoms with Crippen molar-refractivity contribution in [2.75, 3.05) is 5.73 Å². The van der Waals surface area contributed by atoms with E-state index >= 15 is 0 Å². The summed E-state index contributed by atoms with van der Waals surface area (Å²) in [6.45, 7) is 0. The molecule has 0 atom stereocenters. The van der Waals surface area contributed by atoms with Crippen LogP contribution in [0.3, 0.4) is 0 Å². The molecule has 3 nitrogen and oxygen atoms in total. The van der Waals surface area contributed by atoms with Crippen LogP contribution in [0.25, 0.3) is 0 Å². The van der Waals surface area contributed by atoms with Crippen LogP contribution < -0.4 is 5.73 Å². The first-order valence-electron chi connectivity index (χ1n) is 3.66. The van der Waals surface area contributed by atoms with Gasteiger partial charge in [0.1, 0.15) is 0 Å². The summed E-state index contributed by atoms with van der Waals surface area (Å²) in [5.41, 5.74) is 5.81. The van der Waals surface area contributed by atoms with Gasteiger partial charge in [0.05, 0.1) is 11.9 Å². The van der Waals surface area contributed by atoms with E-state index in [9.17, 15) is 8.78 Å². The minimum absolute atomic E-state index is 0.174. The Kier molecular flexibility index (Phi) is 1.37. The molecular weight excluding hydrogens is 166 g/mol. The minimum atomic E-state index is -2.54. The lowest BCUT2D eigenvalue weighted by Crippen LogP contribution is -2.33. The minimum Gasteiger partial charge on any atom is -0.395 e. The maximum absolute atomic E-state index is 12.4. The van der Waals surface area contributed by atoms with E-state index in [2.05, 4.69) is 5.16 Å². The summed E-state index contributed by atoms with van der Waals surface area (Å²) in [7, 11) is 0. The number of anilines is 1. The summed E-state index contributed by atoms with van der Waals surface area (Å²) in [6.07, 6.45) is 0.991. The number of rotatable bonds is 1. The molecule has 1 aliphatic rings. The molecule has 1 saturated carbocycles. The van der Waals surface area contributed by atoms with Gasteiger partial charge in [0.25, 0.3) is 0 Å². The molecule has 0 spiro atoms. The van der Waals surface area contributed by atoms with Gasteiger partial charge < -0.3 is 10.3 Å². The van der Waals surface area contributed by atoms with E-state index in [4.69, 9.17) is 10.3 Å². The second kappa shape index (κ2) is 2.18. The summed E-state index contributed by atoms with van der Waals surface area (Å²) in [5.74, 6) is -2.38. The van der Waals surface area contributed by atoms with Crippen molar-refractivity contribution < 1.29 is 13.3 Å². The monoisotopic (exact) mass is 174 g/mol. The second-order valence-corrected chi connectivity index (χ2v) is 3.11. The van der Waals surface area contributed by atoms with Crippen molar-refractivity contribution in [1.82, 2.24) is 5.16 Å². The lowest BCUT2D eigenvalue weighted by atomic mass is 9.79. The van der Waals surface area contributed by atoms with Gasteiger partial charge in [-0.25, -0.2) is 8.78 Å². The van der Waals surface area contributed by atoms with Gasteiger partial charge in [-0.1, -0.05) is 5.16 Å². The molecule has 1 heterocycles. The largest absolute Gasteiger partial charge is 0.395 e. The van der Waals surface area contributed by atoms with Crippen LogP contribution in [0.1, 0.15) is 24.5 Å². The topological polar surface area (TPSA) is 52.0 Å². The van der Waals surface area contributed by atoms with Crippen molar-refractivity contribution in [3.8, 4) is 0 Å². The zero-order chi connectivity index (χ0) is 8.77. The third kappa shape index (κ3) is 1.05. The lowest BCUT2D eigenvalue weighted by molar-refractivity contribution is -0.0912. The molecule has 0 aromatic carbocycles. The molecule has 2 rings (SSSR count). The number of halogens is 2. The van der Waals surface area contributed by atoms with Crippen molar-refractivity contribution in [2.24, 2.45) is 0 Å². The van der Waals surface area contributed by atoms with Crippen LogP contribution in [0.15, 0.2) is 10.7 Å². The molecule has 0 bridgehead atoms. The first-order valence-corrected chi connectivity index (χ1v) is 3.66. The third-order valence-electron chi connectivity index (χ3n) is 2.09. The van der Waals surface area contributed by atoms with E-state index in [0.29, 0.717) is 11.4 Å². The van der Waals surface area contributed by atoms with Crippen LogP contribution in [-0.4, -0.2) is 11.1 Å². The highest BCUT2D eigenvalue weighted by molar-refractivity contribution is 5.41. The molecule has 0 radical (unpaired) electrons. The van der Waals surface area contributed by atoms with Gasteiger partial charge in [-0.05, 0) is 0 Å². The Morgan fingerprint density at radius 2 is 2.25 bits per heavy atom. The van der Waals surface area contributed by atoms with Crippen molar-refractivity contribution in [3.63, 3.8) is 0 Å². The van der Waals surface area contributed by atoms with Gasteiger partial charge in [-0.3, -0.25) is 0 Å². The summed E-state index contributed by atoms with van der Waals surface area (Å²) in [4.78, 5) is 0. The van der Waals surface area contributed by atoms with Gasteiger partial charge in [0, 0.05) is 18.8 Å². The Morgan fingerprint density at radius 1 is 1.58 bits per heavy atom. The molecular formula is C7H8F2N2O. The maximum atomic E-state index is 12.4. The molecule has 0 amide bonds. The summed E-state index contributed by atoms with van der Waals surface area (Å²) < 4.78 is 29.6. The van der Waals surface area contributed by atoms with Gasteiger partial charge in [-0.15, -0.1) is 0 Å². The van der Waals surface area contributed by atoms with Crippen LogP contribution in [0.4, 0.5) is 14.5 Å². The van der Waals surface area contributed by atoms with Crippen LogP contribution in [0, 0.1) is 0 Å². The highest BCUT2D eigenvalue weighted by Crippen LogP contribution is 2.49. The zero-order valence-electron chi connectivity index (χ0n) is 6.26. The Balaban J connectivity index is 2.11. The van der Waals surface area contributed by atoms with Crippen molar-refractivity contribution in [3.05, 3.63) is 12.0 Å². The molecule has 2 N–H and O–H groups in total. The summed E-state index contributed by atoms with van der Waals surface area (Å²) in [6, 6.07) is 0. The van der Waals surface area contributed by atoms with Crippen molar-refractivity contribution in [1.29, 1.82) is 0 Å². The van der Waals surface area contributed by atoms with Crippen LogP contribution in [-0.2, 0) is 0 Å². The van der Waals surface area contributed by atoms with E-state index in [-0.39, 0.29) is 18.8 Å². The van der Waals surface area contributed by atoms with E-state index in [0.717, 1.165) is 0 Å². The number of aromatic nitrogens is 1. The lowest BCUT2D eigenvalue weighted by Gasteiger charge is -2.33. The van der Waals surface area contributed by atoms with E-state index in [1.807, 2.05) is 0 Å². The van der Waals surface area contributed by atoms with Crippen LogP contribution >= 0.6 is 0 Å². The Hall–Kier alpha value is -1.13. The molecule has 1 aromatic heterocycles. The van der Waals surface area contributed by atoms with Gasteiger partial charge in [-0.2, -0.15) is 0 Å². The van der Waals surface area contributed by atoms with E-state index in [1.165, 1.54) is 6.20 Å². The second-order valence-electron chi connectivity index (χ2n) is 3.11. The van der Waals surface area contributed by atoms with Crippen molar-refractivity contribution >= 4 is 5.69 Å². The zero-order valence-corrected chi connectivity index (χ0v) is 6.26. The molecule has 5 heteroatoms. The molecule has 66 valence electrons. The maximum Gasteiger partial charge on any atom is 0.249 e. The average Bonchev–Trinajstić information content (AvgIpc) is 2.30. The number of nitrogen functional groups attached to an aromatic ring is 1. The number of hydrogen-bond acceptors (Lipinski definition) is 3. The molecule has 1 aromatic rings. The first kappa shape index (κ1) is 7.52. The molecule has 0 aliphatic heterocycles. The molecule has 12 heavy (non-hydrogen) atoms. The van der Waals surface area contributed by atoms with E-state index < -0.39 is 5.92 Å². The fraction of sp³-hybridized carbons (Fsp3) is 0.571. The highest BCUT2D eigenvalue weighted by Gasteiger charge is 2.48. The molecule has 1 aliphatic carbocycles. The average molecular weight is 174 g/mol. The van der Waals surface area contributed by atoms with E-state index in [1.54, 1.807) is 0 Å². The third-order valence-corrected chi connectivity index (χ3v) is 2.09. The number of alkyl halides is 2. The number of nitrogens with zero attached hydrogens (tertiary/aromatic N) is 1. The molecule has 0 unspecified atom stereocenters. The fourth-order valence-corrected chi connectivity index (χ4v) is 1.41. The predicted molar refractivity (Wildman–Crippen MR) is 37.8 cm³/mol. The Labute approximate surface area is 67.5 Å². The highest BCUT2D eigenvalue weighted by atomic mass is 19.3. The van der Waals surface area contributed by atoms with Crippen LogP contribution in [0.5, 0.6) is 0 Å². The quantitative estimate of drug-likeness (QED) is 0.705. The normalized spacial score (nSPS) is 22.2. The SMILES string of the molecule is Nc1cnoc1C1CC(F)(F)C1.